The molecule has 1 saturated heterocycles. The van der Waals surface area contributed by atoms with Gasteiger partial charge in [-0.15, -0.1) is 0 Å². The van der Waals surface area contributed by atoms with E-state index in [0.29, 0.717) is 35.4 Å². The van der Waals surface area contributed by atoms with Gasteiger partial charge in [0.05, 0.1) is 12.7 Å². The van der Waals surface area contributed by atoms with Gasteiger partial charge in [0.25, 0.3) is 5.91 Å². The van der Waals surface area contributed by atoms with Gasteiger partial charge in [0, 0.05) is 50.2 Å². The third-order valence-corrected chi connectivity index (χ3v) is 5.09. The quantitative estimate of drug-likeness (QED) is 0.654. The molecule has 1 amide bonds. The first-order chi connectivity index (χ1) is 13.6. The lowest BCUT2D eigenvalue weighted by Crippen LogP contribution is -2.48. The Hall–Kier alpha value is -3.12. The van der Waals surface area contributed by atoms with Crippen LogP contribution in [0.5, 0.6) is 5.75 Å². The van der Waals surface area contributed by atoms with Crippen molar-refractivity contribution >= 4 is 16.9 Å². The van der Waals surface area contributed by atoms with Crippen LogP contribution in [0, 0.1) is 0 Å². The van der Waals surface area contributed by atoms with E-state index < -0.39 is 5.63 Å². The Bertz CT molecular complexity index is 1040. The zero-order valence-corrected chi connectivity index (χ0v) is 15.8. The summed E-state index contributed by atoms with van der Waals surface area (Å²) in [5.41, 5.74) is 1.47. The number of piperazine rings is 1. The van der Waals surface area contributed by atoms with Crippen LogP contribution < -0.4 is 10.4 Å². The van der Waals surface area contributed by atoms with Crippen LogP contribution in [-0.4, -0.2) is 49.0 Å². The molecule has 3 aromatic rings. The number of ether oxygens (including phenoxy) is 1. The van der Waals surface area contributed by atoms with E-state index in [-0.39, 0.29) is 5.91 Å². The van der Waals surface area contributed by atoms with Crippen molar-refractivity contribution in [1.29, 1.82) is 0 Å². The van der Waals surface area contributed by atoms with Crippen molar-refractivity contribution in [2.24, 2.45) is 0 Å². The lowest BCUT2D eigenvalue weighted by atomic mass is 10.1. The number of hydrogen-bond acceptors (Lipinski definition) is 5. The van der Waals surface area contributed by atoms with Crippen molar-refractivity contribution in [3.8, 4) is 5.75 Å². The van der Waals surface area contributed by atoms with Gasteiger partial charge in [0.2, 0.25) is 0 Å². The SMILES string of the molecule is COc1ccc2c(C(=O)N3CCN(Cc4ccccc4)CC3)cc(=O)oc2c1. The van der Waals surface area contributed by atoms with Crippen LogP contribution in [0.4, 0.5) is 0 Å². The van der Waals surface area contributed by atoms with E-state index >= 15 is 0 Å². The summed E-state index contributed by atoms with van der Waals surface area (Å²) < 4.78 is 10.4. The molecule has 144 valence electrons. The maximum absolute atomic E-state index is 13.1. The first-order valence-corrected chi connectivity index (χ1v) is 9.31. The molecule has 1 aliphatic rings. The summed E-state index contributed by atoms with van der Waals surface area (Å²) in [6.07, 6.45) is 0. The molecule has 0 N–H and O–H groups in total. The van der Waals surface area contributed by atoms with Gasteiger partial charge in [0.15, 0.2) is 0 Å². The highest BCUT2D eigenvalue weighted by Crippen LogP contribution is 2.24. The molecule has 6 heteroatoms. The van der Waals surface area contributed by atoms with Gasteiger partial charge < -0.3 is 14.1 Å². The van der Waals surface area contributed by atoms with E-state index in [1.54, 1.807) is 30.2 Å². The van der Waals surface area contributed by atoms with Crippen molar-refractivity contribution in [3.63, 3.8) is 0 Å². The molecule has 1 aromatic heterocycles. The van der Waals surface area contributed by atoms with Crippen LogP contribution in [0.3, 0.4) is 0 Å². The smallest absolute Gasteiger partial charge is 0.337 e. The van der Waals surface area contributed by atoms with E-state index in [2.05, 4.69) is 17.0 Å². The summed E-state index contributed by atoms with van der Waals surface area (Å²) in [7, 11) is 1.54. The molecular formula is C22H22N2O4. The summed E-state index contributed by atoms with van der Waals surface area (Å²) in [6.45, 7) is 3.73. The number of carbonyl (C=O) groups excluding carboxylic acids is 1. The van der Waals surface area contributed by atoms with Crippen molar-refractivity contribution in [2.45, 2.75) is 6.54 Å². The molecule has 2 aromatic carbocycles. The van der Waals surface area contributed by atoms with Gasteiger partial charge in [-0.2, -0.15) is 0 Å². The minimum absolute atomic E-state index is 0.137. The summed E-state index contributed by atoms with van der Waals surface area (Å²) in [5, 5.41) is 0.622. The van der Waals surface area contributed by atoms with E-state index in [1.807, 2.05) is 18.2 Å². The van der Waals surface area contributed by atoms with E-state index in [9.17, 15) is 9.59 Å². The molecule has 0 aliphatic carbocycles. The fourth-order valence-electron chi connectivity index (χ4n) is 3.57. The highest BCUT2D eigenvalue weighted by Gasteiger charge is 2.24. The van der Waals surface area contributed by atoms with E-state index in [4.69, 9.17) is 9.15 Å². The minimum Gasteiger partial charge on any atom is -0.497 e. The van der Waals surface area contributed by atoms with Crippen LogP contribution in [0.1, 0.15) is 15.9 Å². The Labute approximate surface area is 162 Å². The zero-order chi connectivity index (χ0) is 19.5. The van der Waals surface area contributed by atoms with Crippen LogP contribution >= 0.6 is 0 Å². The second-order valence-corrected chi connectivity index (χ2v) is 6.90. The molecule has 6 nitrogen and oxygen atoms in total. The molecule has 0 spiro atoms. The number of methoxy groups -OCH3 is 1. The number of rotatable bonds is 4. The summed E-state index contributed by atoms with van der Waals surface area (Å²) in [6, 6.07) is 16.7. The van der Waals surface area contributed by atoms with Crippen LogP contribution in [0.2, 0.25) is 0 Å². The lowest BCUT2D eigenvalue weighted by molar-refractivity contribution is 0.0629. The van der Waals surface area contributed by atoms with E-state index in [1.165, 1.54) is 11.6 Å². The van der Waals surface area contributed by atoms with Crippen LogP contribution in [-0.2, 0) is 6.54 Å². The monoisotopic (exact) mass is 378 g/mol. The molecule has 0 atom stereocenters. The number of carbonyl (C=O) groups is 1. The minimum atomic E-state index is -0.535. The lowest BCUT2D eigenvalue weighted by Gasteiger charge is -2.34. The third-order valence-electron chi connectivity index (χ3n) is 5.09. The highest BCUT2D eigenvalue weighted by molar-refractivity contribution is 6.05. The fourth-order valence-corrected chi connectivity index (χ4v) is 3.57. The maximum atomic E-state index is 13.1. The summed E-state index contributed by atoms with van der Waals surface area (Å²) in [5.74, 6) is 0.442. The highest BCUT2D eigenvalue weighted by atomic mass is 16.5. The number of benzene rings is 2. The summed E-state index contributed by atoms with van der Waals surface area (Å²) >= 11 is 0. The van der Waals surface area contributed by atoms with Gasteiger partial charge in [-0.25, -0.2) is 4.79 Å². The normalized spacial score (nSPS) is 15.0. The Balaban J connectivity index is 1.50. The Morgan fingerprint density at radius 2 is 1.79 bits per heavy atom. The zero-order valence-electron chi connectivity index (χ0n) is 15.8. The molecule has 1 fully saturated rings. The number of nitrogens with zero attached hydrogens (tertiary/aromatic N) is 2. The number of fused-ring (bicyclic) bond motifs is 1. The average molecular weight is 378 g/mol. The second kappa shape index (κ2) is 7.86. The van der Waals surface area contributed by atoms with Crippen molar-refractivity contribution in [2.75, 3.05) is 33.3 Å². The average Bonchev–Trinajstić information content (AvgIpc) is 2.73. The van der Waals surface area contributed by atoms with Gasteiger partial charge in [-0.05, 0) is 17.7 Å². The topological polar surface area (TPSA) is 63.0 Å². The number of hydrogen-bond donors (Lipinski definition) is 0. The molecule has 28 heavy (non-hydrogen) atoms. The van der Waals surface area contributed by atoms with Gasteiger partial charge in [-0.1, -0.05) is 30.3 Å². The van der Waals surface area contributed by atoms with E-state index in [0.717, 1.165) is 19.6 Å². The largest absolute Gasteiger partial charge is 0.497 e. The predicted octanol–water partition coefficient (Wildman–Crippen LogP) is 2.76. The van der Waals surface area contributed by atoms with Crippen molar-refractivity contribution < 1.29 is 13.9 Å². The second-order valence-electron chi connectivity index (χ2n) is 6.90. The standard InChI is InChI=1S/C22H22N2O4/c1-27-17-7-8-18-19(14-21(25)28-20(18)13-17)22(26)24-11-9-23(10-12-24)15-16-5-3-2-4-6-16/h2-8,13-14H,9-12,15H2,1H3. The predicted molar refractivity (Wildman–Crippen MR) is 107 cm³/mol. The molecule has 0 saturated carbocycles. The summed E-state index contributed by atoms with van der Waals surface area (Å²) in [4.78, 5) is 29.2. The first-order valence-electron chi connectivity index (χ1n) is 9.31. The van der Waals surface area contributed by atoms with Crippen LogP contribution in [0.15, 0.2) is 63.8 Å². The molecule has 0 radical (unpaired) electrons. The molecule has 2 heterocycles. The Morgan fingerprint density at radius 1 is 1.04 bits per heavy atom. The van der Waals surface area contributed by atoms with Crippen molar-refractivity contribution in [3.05, 3.63) is 76.1 Å². The molecule has 0 unspecified atom stereocenters. The first kappa shape index (κ1) is 18.3. The van der Waals surface area contributed by atoms with Gasteiger partial charge >= 0.3 is 5.63 Å². The number of amides is 1. The van der Waals surface area contributed by atoms with Crippen molar-refractivity contribution in [1.82, 2.24) is 9.80 Å². The molecular weight excluding hydrogens is 356 g/mol. The Kier molecular flexibility index (Phi) is 5.12. The maximum Gasteiger partial charge on any atom is 0.337 e. The van der Waals surface area contributed by atoms with Gasteiger partial charge in [0.1, 0.15) is 11.3 Å². The fraction of sp³-hybridized carbons (Fsp3) is 0.273. The third kappa shape index (κ3) is 3.77. The van der Waals surface area contributed by atoms with Gasteiger partial charge in [-0.3, -0.25) is 9.69 Å². The molecule has 4 rings (SSSR count). The van der Waals surface area contributed by atoms with Crippen LogP contribution in [0.25, 0.3) is 11.0 Å². The Morgan fingerprint density at radius 3 is 2.50 bits per heavy atom. The molecule has 0 bridgehead atoms. The molecule has 1 aliphatic heterocycles.